The van der Waals surface area contributed by atoms with Gasteiger partial charge in [0.05, 0.1) is 5.02 Å². The molecule has 0 spiro atoms. The van der Waals surface area contributed by atoms with Gasteiger partial charge in [-0.25, -0.2) is 4.98 Å². The summed E-state index contributed by atoms with van der Waals surface area (Å²) in [6, 6.07) is 7.43. The summed E-state index contributed by atoms with van der Waals surface area (Å²) in [5.74, 6) is -1.13. The fourth-order valence-electron chi connectivity index (χ4n) is 4.48. The average Bonchev–Trinajstić information content (AvgIpc) is 2.96. The zero-order valence-electron chi connectivity index (χ0n) is 23.4. The van der Waals surface area contributed by atoms with Gasteiger partial charge in [-0.2, -0.15) is 0 Å². The van der Waals surface area contributed by atoms with Crippen LogP contribution >= 0.6 is 11.6 Å². The third-order valence-corrected chi connectivity index (χ3v) is 7.25. The van der Waals surface area contributed by atoms with E-state index in [2.05, 4.69) is 22.2 Å². The number of anilines is 1. The molecule has 1 aromatic carbocycles. The van der Waals surface area contributed by atoms with Crippen LogP contribution in [0.5, 0.6) is 0 Å². The smallest absolute Gasteiger partial charge is 0.248 e. The molecule has 0 unspecified atom stereocenters. The number of hydrogen-bond donors (Lipinski definition) is 3. The maximum Gasteiger partial charge on any atom is 0.248 e. The third-order valence-electron chi connectivity index (χ3n) is 6.86. The summed E-state index contributed by atoms with van der Waals surface area (Å²) in [4.78, 5) is 58.3. The summed E-state index contributed by atoms with van der Waals surface area (Å²) in [5.41, 5.74) is 8.89. The molecule has 216 valence electrons. The van der Waals surface area contributed by atoms with Crippen LogP contribution in [0.3, 0.4) is 0 Å². The van der Waals surface area contributed by atoms with E-state index < -0.39 is 23.9 Å². The molecule has 3 rings (SSSR count). The van der Waals surface area contributed by atoms with Gasteiger partial charge in [0.2, 0.25) is 17.7 Å². The second kappa shape index (κ2) is 15.1. The van der Waals surface area contributed by atoms with Gasteiger partial charge in [-0.05, 0) is 55.1 Å². The number of allylic oxidation sites excluding steroid dienone is 5. The van der Waals surface area contributed by atoms with E-state index in [1.807, 2.05) is 24.3 Å². The molecule has 0 bridgehead atoms. The summed E-state index contributed by atoms with van der Waals surface area (Å²) in [5, 5.41) is 5.96. The Morgan fingerprint density at radius 3 is 2.61 bits per heavy atom. The van der Waals surface area contributed by atoms with Crippen molar-refractivity contribution >= 4 is 40.9 Å². The lowest BCUT2D eigenvalue weighted by molar-refractivity contribution is -0.143. The minimum absolute atomic E-state index is 0.0152. The lowest BCUT2D eigenvalue weighted by atomic mass is 9.92. The lowest BCUT2D eigenvalue weighted by Crippen LogP contribution is -2.56. The number of halogens is 1. The highest BCUT2D eigenvalue weighted by Crippen LogP contribution is 2.25. The van der Waals surface area contributed by atoms with Gasteiger partial charge in [0, 0.05) is 32.0 Å². The molecular weight excluding hydrogens is 542 g/mol. The zero-order valence-corrected chi connectivity index (χ0v) is 24.1. The van der Waals surface area contributed by atoms with Gasteiger partial charge >= 0.3 is 0 Å². The summed E-state index contributed by atoms with van der Waals surface area (Å²) < 4.78 is 0. The van der Waals surface area contributed by atoms with Gasteiger partial charge in [0.1, 0.15) is 17.9 Å². The number of Topliss-reactive ketones (excluding diaryl/α,β-unsaturated/α-hetero) is 1. The highest BCUT2D eigenvalue weighted by molar-refractivity contribution is 6.31. The molecule has 4 N–H and O–H groups in total. The Hall–Kier alpha value is -4.08. The highest BCUT2D eigenvalue weighted by atomic mass is 35.5. The van der Waals surface area contributed by atoms with Crippen LogP contribution in [0.2, 0.25) is 5.02 Å². The van der Waals surface area contributed by atoms with Crippen LogP contribution in [-0.4, -0.2) is 52.0 Å². The van der Waals surface area contributed by atoms with Crippen molar-refractivity contribution in [3.63, 3.8) is 0 Å². The Kier molecular flexibility index (Phi) is 11.6. The molecule has 0 fully saturated rings. The first-order valence-corrected chi connectivity index (χ1v) is 13.8. The molecule has 41 heavy (non-hydrogen) atoms. The summed E-state index contributed by atoms with van der Waals surface area (Å²) in [6.45, 7) is 7.45. The second-order valence-electron chi connectivity index (χ2n) is 9.85. The minimum Gasteiger partial charge on any atom is -0.342 e. The second-order valence-corrected chi connectivity index (χ2v) is 10.3. The van der Waals surface area contributed by atoms with Gasteiger partial charge in [-0.3, -0.25) is 19.2 Å². The molecule has 2 atom stereocenters. The molecule has 2 aromatic rings. The van der Waals surface area contributed by atoms with Crippen molar-refractivity contribution in [1.29, 1.82) is 0 Å². The van der Waals surface area contributed by atoms with Crippen LogP contribution in [-0.2, 0) is 32.1 Å². The van der Waals surface area contributed by atoms with Crippen molar-refractivity contribution in [2.45, 2.75) is 58.2 Å². The normalized spacial score (nSPS) is 15.7. The van der Waals surface area contributed by atoms with Gasteiger partial charge in [-0.15, -0.1) is 0 Å². The molecule has 0 radical (unpaired) electrons. The highest BCUT2D eigenvalue weighted by Gasteiger charge is 2.36. The van der Waals surface area contributed by atoms with Gasteiger partial charge in [0.25, 0.3) is 0 Å². The van der Waals surface area contributed by atoms with Crippen LogP contribution < -0.4 is 16.4 Å². The number of hydrogen-bond acceptors (Lipinski definition) is 6. The van der Waals surface area contributed by atoms with Gasteiger partial charge in [0.15, 0.2) is 5.78 Å². The van der Waals surface area contributed by atoms with Crippen molar-refractivity contribution in [2.75, 3.05) is 11.9 Å². The predicted molar refractivity (Wildman–Crippen MR) is 160 cm³/mol. The number of fused-ring (bicyclic) bond motifs is 1. The SMILES string of the molecule is C=C/C=C\C=C(/C)C(=O)CCC(=O)N1Cc2ccccc2C[C@@H]1C(=O)N[C@@H](CCN)C(=O)Nc1cc(C)c(Cl)cn1. The molecule has 0 aliphatic carbocycles. The number of carbonyl (C=O) groups is 4. The topological polar surface area (TPSA) is 134 Å². The number of carbonyl (C=O) groups excluding carboxylic acids is 4. The number of ketones is 1. The van der Waals surface area contributed by atoms with Crippen molar-refractivity contribution < 1.29 is 19.2 Å². The molecule has 1 aliphatic rings. The number of nitrogens with one attached hydrogen (secondary N) is 2. The van der Waals surface area contributed by atoms with Crippen molar-refractivity contribution in [1.82, 2.24) is 15.2 Å². The van der Waals surface area contributed by atoms with Crippen molar-refractivity contribution in [3.05, 3.63) is 94.7 Å². The van der Waals surface area contributed by atoms with E-state index in [-0.39, 0.29) is 50.5 Å². The molecule has 1 aromatic heterocycles. The maximum atomic E-state index is 13.6. The quantitative estimate of drug-likeness (QED) is 0.259. The van der Waals surface area contributed by atoms with E-state index in [4.69, 9.17) is 17.3 Å². The summed E-state index contributed by atoms with van der Waals surface area (Å²) in [6.07, 6.45) is 8.57. The molecule has 10 heteroatoms. The van der Waals surface area contributed by atoms with Crippen LogP contribution in [0.15, 0.2) is 73.0 Å². The maximum absolute atomic E-state index is 13.6. The van der Waals surface area contributed by atoms with Crippen LogP contribution in [0.4, 0.5) is 5.82 Å². The number of benzene rings is 1. The fraction of sp³-hybridized carbons (Fsp3) is 0.323. The first-order valence-electron chi connectivity index (χ1n) is 13.4. The van der Waals surface area contributed by atoms with Gasteiger partial charge in [-0.1, -0.05) is 66.7 Å². The van der Waals surface area contributed by atoms with E-state index in [9.17, 15) is 19.2 Å². The van der Waals surface area contributed by atoms with E-state index in [0.29, 0.717) is 16.4 Å². The van der Waals surface area contributed by atoms with E-state index in [1.165, 1.54) is 11.1 Å². The monoisotopic (exact) mass is 577 g/mol. The van der Waals surface area contributed by atoms with Crippen LogP contribution in [0.1, 0.15) is 42.9 Å². The Balaban J connectivity index is 1.76. The van der Waals surface area contributed by atoms with Crippen LogP contribution in [0.25, 0.3) is 0 Å². The number of aryl methyl sites for hydroxylation is 1. The Morgan fingerprint density at radius 1 is 1.20 bits per heavy atom. The first kappa shape index (κ1) is 31.4. The Bertz CT molecular complexity index is 1370. The number of rotatable bonds is 12. The number of pyridine rings is 1. The molecule has 9 nitrogen and oxygen atoms in total. The average molecular weight is 578 g/mol. The Morgan fingerprint density at radius 2 is 1.93 bits per heavy atom. The number of amides is 3. The summed E-state index contributed by atoms with van der Waals surface area (Å²) >= 11 is 6.03. The largest absolute Gasteiger partial charge is 0.342 e. The number of aromatic nitrogens is 1. The summed E-state index contributed by atoms with van der Waals surface area (Å²) in [7, 11) is 0. The predicted octanol–water partition coefficient (Wildman–Crippen LogP) is 3.81. The van der Waals surface area contributed by atoms with E-state index in [0.717, 1.165) is 16.7 Å². The molecule has 1 aliphatic heterocycles. The lowest BCUT2D eigenvalue weighted by Gasteiger charge is -2.36. The number of nitrogens with zero attached hydrogens (tertiary/aromatic N) is 2. The van der Waals surface area contributed by atoms with Crippen molar-refractivity contribution in [3.8, 4) is 0 Å². The Labute approximate surface area is 245 Å². The molecule has 0 saturated heterocycles. The zero-order chi connectivity index (χ0) is 29.9. The first-order chi connectivity index (χ1) is 19.6. The van der Waals surface area contributed by atoms with E-state index in [1.54, 1.807) is 44.2 Å². The molecule has 2 heterocycles. The third kappa shape index (κ3) is 8.70. The number of nitrogens with two attached hydrogens (primary N) is 1. The standard InChI is InChI=1S/C31H36ClN5O4/c1-4-5-6-9-20(2)27(38)12-13-29(39)37-19-23-11-8-7-10-22(23)17-26(37)31(41)35-25(14-15-33)30(40)36-28-16-21(3)24(32)18-34-28/h4-11,16,18,25-26H,1,12-15,17,19,33H2,2-3H3,(H,35,41)(H,34,36,40)/b6-5-,20-9+/t25-,26+/m0/s1. The minimum atomic E-state index is -0.947. The van der Waals surface area contributed by atoms with Crippen molar-refractivity contribution in [2.24, 2.45) is 5.73 Å². The molecule has 0 saturated carbocycles. The van der Waals surface area contributed by atoms with Gasteiger partial charge < -0.3 is 21.3 Å². The molecule has 3 amide bonds. The van der Waals surface area contributed by atoms with Crippen LogP contribution in [0, 0.1) is 6.92 Å². The van der Waals surface area contributed by atoms with E-state index >= 15 is 0 Å². The molecular formula is C31H36ClN5O4. The fourth-order valence-corrected chi connectivity index (χ4v) is 4.58.